The van der Waals surface area contributed by atoms with Crippen LogP contribution in [0.25, 0.3) is 11.3 Å². The first-order chi connectivity index (χ1) is 23.6. The molecule has 0 saturated carbocycles. The van der Waals surface area contributed by atoms with E-state index in [1.807, 2.05) is 62.4 Å². The van der Waals surface area contributed by atoms with Gasteiger partial charge >= 0.3 is 6.09 Å². The number of aryl methyl sites for hydroxylation is 1. The van der Waals surface area contributed by atoms with Crippen molar-refractivity contribution in [2.45, 2.75) is 32.4 Å². The number of halogens is 2. The summed E-state index contributed by atoms with van der Waals surface area (Å²) in [4.78, 5) is 41.1. The van der Waals surface area contributed by atoms with Gasteiger partial charge < -0.3 is 15.0 Å². The number of carbonyl (C=O) groups excluding carboxylic acids is 3. The third kappa shape index (κ3) is 6.37. The van der Waals surface area contributed by atoms with Crippen molar-refractivity contribution in [1.29, 1.82) is 0 Å². The second kappa shape index (κ2) is 12.8. The van der Waals surface area contributed by atoms with Gasteiger partial charge in [0.25, 0.3) is 11.8 Å². The lowest BCUT2D eigenvalue weighted by molar-refractivity contribution is -0.0569. The Bertz CT molecular complexity index is 2100. The molecule has 1 fully saturated rings. The summed E-state index contributed by atoms with van der Waals surface area (Å²) in [5.41, 5.74) is 3.70. The maximum atomic E-state index is 15.4. The van der Waals surface area contributed by atoms with Crippen LogP contribution in [0.5, 0.6) is 0 Å². The van der Waals surface area contributed by atoms with E-state index in [-0.39, 0.29) is 40.6 Å². The summed E-state index contributed by atoms with van der Waals surface area (Å²) in [5.74, 6) is -1.26. The van der Waals surface area contributed by atoms with E-state index in [2.05, 4.69) is 20.9 Å². The first-order valence-electron chi connectivity index (χ1n) is 15.8. The second-order valence-electron chi connectivity index (χ2n) is 12.6. The lowest BCUT2D eigenvalue weighted by Crippen LogP contribution is -2.55. The molecular formula is C37H32ClFN6O4. The van der Waals surface area contributed by atoms with E-state index in [0.717, 1.165) is 16.7 Å². The van der Waals surface area contributed by atoms with Crippen LogP contribution >= 0.6 is 11.6 Å². The van der Waals surface area contributed by atoms with Crippen molar-refractivity contribution in [3.63, 3.8) is 0 Å². The summed E-state index contributed by atoms with van der Waals surface area (Å²) < 4.78 is 22.9. The van der Waals surface area contributed by atoms with Gasteiger partial charge in [0, 0.05) is 28.9 Å². The minimum Gasteiger partial charge on any atom is -0.436 e. The van der Waals surface area contributed by atoms with Gasteiger partial charge in [-0.3, -0.25) is 14.9 Å². The van der Waals surface area contributed by atoms with E-state index in [4.69, 9.17) is 16.3 Å². The van der Waals surface area contributed by atoms with Crippen LogP contribution in [0.2, 0.25) is 5.02 Å². The van der Waals surface area contributed by atoms with Crippen LogP contribution in [-0.2, 0) is 16.9 Å². The number of benzene rings is 4. The van der Waals surface area contributed by atoms with Crippen molar-refractivity contribution in [1.82, 2.24) is 19.9 Å². The molecule has 10 nitrogen and oxygen atoms in total. The molecule has 0 bridgehead atoms. The normalized spacial score (nSPS) is 18.4. The quantitative estimate of drug-likeness (QED) is 0.195. The lowest BCUT2D eigenvalue weighted by atomic mass is 9.79. The molecule has 3 heterocycles. The number of likely N-dealkylation sites (tertiary alicyclic amines) is 1. The number of fused-ring (bicyclic) bond motifs is 2. The Kier molecular flexibility index (Phi) is 8.37. The third-order valence-corrected chi connectivity index (χ3v) is 9.18. The number of rotatable bonds is 6. The van der Waals surface area contributed by atoms with Crippen molar-refractivity contribution in [2.24, 2.45) is 5.92 Å². The van der Waals surface area contributed by atoms with Crippen LogP contribution in [0.1, 0.15) is 50.8 Å². The molecule has 5 aromatic rings. The first-order valence-corrected chi connectivity index (χ1v) is 16.2. The fraction of sp³-hybridized carbons (Fsp3) is 0.216. The predicted octanol–water partition coefficient (Wildman–Crippen LogP) is 7.29. The Morgan fingerprint density at radius 1 is 1.08 bits per heavy atom. The van der Waals surface area contributed by atoms with Crippen molar-refractivity contribution < 1.29 is 23.5 Å². The highest BCUT2D eigenvalue weighted by Gasteiger charge is 2.50. The fourth-order valence-corrected chi connectivity index (χ4v) is 6.90. The van der Waals surface area contributed by atoms with Crippen LogP contribution in [0.15, 0.2) is 91.1 Å². The average molecular weight is 679 g/mol. The van der Waals surface area contributed by atoms with Gasteiger partial charge in [0.1, 0.15) is 5.69 Å². The van der Waals surface area contributed by atoms with Gasteiger partial charge in [-0.05, 0) is 72.9 Å². The van der Waals surface area contributed by atoms with Crippen LogP contribution < -0.4 is 10.6 Å². The Hall–Kier alpha value is -5.55. The molecule has 1 spiro atoms. The second-order valence-corrected chi connectivity index (χ2v) is 13.0. The van der Waals surface area contributed by atoms with Gasteiger partial charge in [-0.25, -0.2) is 13.9 Å². The highest BCUT2D eigenvalue weighted by Crippen LogP contribution is 2.46. The molecule has 2 aliphatic rings. The predicted molar refractivity (Wildman–Crippen MR) is 183 cm³/mol. The monoisotopic (exact) mass is 678 g/mol. The topological polar surface area (TPSA) is 118 Å². The number of anilines is 2. The maximum absolute atomic E-state index is 15.4. The summed E-state index contributed by atoms with van der Waals surface area (Å²) in [5, 5.41) is 14.0. The smallest absolute Gasteiger partial charge is 0.412 e. The van der Waals surface area contributed by atoms with Gasteiger partial charge in [-0.1, -0.05) is 66.2 Å². The molecule has 3 amide bonds. The number of nitrogens with zero attached hydrogens (tertiary/aromatic N) is 4. The zero-order chi connectivity index (χ0) is 34.3. The molecule has 2 aliphatic heterocycles. The number of hydrogen-bond acceptors (Lipinski definition) is 6. The van der Waals surface area contributed by atoms with E-state index in [1.165, 1.54) is 6.07 Å². The van der Waals surface area contributed by atoms with Crippen molar-refractivity contribution in [3.8, 4) is 11.3 Å². The van der Waals surface area contributed by atoms with Crippen molar-refractivity contribution in [2.75, 3.05) is 23.7 Å². The van der Waals surface area contributed by atoms with E-state index in [0.29, 0.717) is 42.0 Å². The van der Waals surface area contributed by atoms with Crippen molar-refractivity contribution in [3.05, 3.63) is 130 Å². The minimum absolute atomic E-state index is 0.0214. The standard InChI is InChI=1S/C37H32ClFN6O4/c1-22-17-37(32-30(41-36(48)49-37)14-13-29(38)33(32)39)21-44(18-22)35(47)26-8-6-7-24(15-26)19-45-20-31(42-43-45)25-12-11-23(2)28(16-25)34(46)40-27-9-4-3-5-10-27/h3-16,20,22H,17-19,21H2,1-2H3,(H,40,46)(H,41,48). The maximum Gasteiger partial charge on any atom is 0.412 e. The number of ether oxygens (including phenoxy) is 1. The number of amides is 3. The van der Waals surface area contributed by atoms with E-state index in [1.54, 1.807) is 46.1 Å². The number of nitrogens with one attached hydrogen (secondary N) is 2. The highest BCUT2D eigenvalue weighted by molar-refractivity contribution is 6.31. The van der Waals surface area contributed by atoms with Gasteiger partial charge in [0.2, 0.25) is 0 Å². The lowest BCUT2D eigenvalue weighted by Gasteiger charge is -2.47. The molecule has 0 aliphatic carbocycles. The molecule has 12 heteroatoms. The fourth-order valence-electron chi connectivity index (χ4n) is 6.74. The summed E-state index contributed by atoms with van der Waals surface area (Å²) in [7, 11) is 0. The van der Waals surface area contributed by atoms with Crippen molar-refractivity contribution >= 4 is 40.9 Å². The van der Waals surface area contributed by atoms with E-state index in [9.17, 15) is 14.4 Å². The van der Waals surface area contributed by atoms with Gasteiger partial charge in [0.15, 0.2) is 11.4 Å². The average Bonchev–Trinajstić information content (AvgIpc) is 3.54. The van der Waals surface area contributed by atoms with Gasteiger partial charge in [-0.2, -0.15) is 0 Å². The van der Waals surface area contributed by atoms with Crippen LogP contribution in [0.4, 0.5) is 20.6 Å². The Balaban J connectivity index is 1.09. The summed E-state index contributed by atoms with van der Waals surface area (Å²) >= 11 is 6.14. The molecule has 248 valence electrons. The van der Waals surface area contributed by atoms with E-state index >= 15 is 4.39 Å². The zero-order valence-corrected chi connectivity index (χ0v) is 27.5. The molecule has 1 saturated heterocycles. The van der Waals surface area contributed by atoms with Crippen LogP contribution in [-0.4, -0.2) is 50.9 Å². The number of para-hydroxylation sites is 1. The Morgan fingerprint density at radius 3 is 2.71 bits per heavy atom. The number of aromatic nitrogens is 3. The molecule has 1 aromatic heterocycles. The van der Waals surface area contributed by atoms with Gasteiger partial charge in [0.05, 0.1) is 35.6 Å². The molecule has 4 aromatic carbocycles. The van der Waals surface area contributed by atoms with Gasteiger partial charge in [-0.15, -0.1) is 5.10 Å². The summed E-state index contributed by atoms with van der Waals surface area (Å²) in [6.45, 7) is 4.53. The first kappa shape index (κ1) is 32.0. The Morgan fingerprint density at radius 2 is 1.90 bits per heavy atom. The molecule has 2 N–H and O–H groups in total. The largest absolute Gasteiger partial charge is 0.436 e. The van der Waals surface area contributed by atoms with Crippen LogP contribution in [0.3, 0.4) is 0 Å². The highest BCUT2D eigenvalue weighted by atomic mass is 35.5. The molecular weight excluding hydrogens is 647 g/mol. The number of carbonyl (C=O) groups is 3. The molecule has 2 unspecified atom stereocenters. The third-order valence-electron chi connectivity index (χ3n) is 8.89. The minimum atomic E-state index is -1.38. The molecule has 2 atom stereocenters. The Labute approximate surface area is 286 Å². The number of piperidine rings is 1. The van der Waals surface area contributed by atoms with E-state index < -0.39 is 17.5 Å². The SMILES string of the molecule is Cc1ccc(-c2cn(Cc3cccc(C(=O)N4CC(C)CC5(C4)OC(=O)Nc4ccc(Cl)c(F)c45)c3)nn2)cc1C(=O)Nc1ccccc1. The van der Waals surface area contributed by atoms with Crippen LogP contribution in [0, 0.1) is 18.7 Å². The summed E-state index contributed by atoms with van der Waals surface area (Å²) in [6, 6.07) is 25.0. The zero-order valence-electron chi connectivity index (χ0n) is 26.7. The summed E-state index contributed by atoms with van der Waals surface area (Å²) in [6.07, 6.45) is 1.42. The molecule has 0 radical (unpaired) electrons. The molecule has 7 rings (SSSR count). The number of hydrogen-bond donors (Lipinski definition) is 2. The molecule has 49 heavy (non-hydrogen) atoms.